The van der Waals surface area contributed by atoms with E-state index in [2.05, 4.69) is 0 Å². The first-order valence-corrected chi connectivity index (χ1v) is 5.71. The average molecular weight is 253 g/mol. The number of halogens is 3. The van der Waals surface area contributed by atoms with E-state index in [1.807, 2.05) is 13.8 Å². The van der Waals surface area contributed by atoms with Crippen LogP contribution < -0.4 is 0 Å². The van der Waals surface area contributed by atoms with Crippen molar-refractivity contribution in [2.24, 2.45) is 11.3 Å². The molecule has 0 spiro atoms. The second kappa shape index (κ2) is 4.84. The molecule has 0 aliphatic carbocycles. The van der Waals surface area contributed by atoms with Crippen LogP contribution >= 0.6 is 0 Å². The number of aliphatic carboxylic acids is 1. The highest BCUT2D eigenvalue weighted by Gasteiger charge is 2.63. The van der Waals surface area contributed by atoms with Crippen LogP contribution in [0.4, 0.5) is 13.2 Å². The van der Waals surface area contributed by atoms with Gasteiger partial charge in [0.1, 0.15) is 0 Å². The predicted octanol–water partition coefficient (Wildman–Crippen LogP) is 2.37. The van der Waals surface area contributed by atoms with Gasteiger partial charge < -0.3 is 10.0 Å². The Balaban J connectivity index is 2.70. The Hall–Kier alpha value is -0.780. The topological polar surface area (TPSA) is 40.5 Å². The molecule has 3 nitrogen and oxygen atoms in total. The highest BCUT2D eigenvalue weighted by molar-refractivity contribution is 5.76. The lowest BCUT2D eigenvalue weighted by Crippen LogP contribution is -2.47. The van der Waals surface area contributed by atoms with Crippen LogP contribution in [0.3, 0.4) is 0 Å². The zero-order valence-corrected chi connectivity index (χ0v) is 10.0. The van der Waals surface area contributed by atoms with Crippen LogP contribution in [-0.4, -0.2) is 41.8 Å². The molecule has 1 heterocycles. The third kappa shape index (κ3) is 2.91. The predicted molar refractivity (Wildman–Crippen MR) is 56.6 cm³/mol. The molecule has 1 fully saturated rings. The van der Waals surface area contributed by atoms with E-state index in [4.69, 9.17) is 5.11 Å². The summed E-state index contributed by atoms with van der Waals surface area (Å²) in [6.45, 7) is 4.30. The first-order chi connectivity index (χ1) is 7.69. The third-order valence-electron chi connectivity index (χ3n) is 3.32. The molecule has 100 valence electrons. The molecule has 1 unspecified atom stereocenters. The zero-order chi connectivity index (χ0) is 13.3. The summed E-state index contributed by atoms with van der Waals surface area (Å²) in [5.41, 5.74) is -2.57. The number of carbonyl (C=O) groups is 1. The molecule has 6 heteroatoms. The molecule has 0 bridgehead atoms. The summed E-state index contributed by atoms with van der Waals surface area (Å²) in [7, 11) is 0. The van der Waals surface area contributed by atoms with E-state index in [1.165, 1.54) is 0 Å². The zero-order valence-electron chi connectivity index (χ0n) is 10.0. The minimum atomic E-state index is -4.68. The van der Waals surface area contributed by atoms with E-state index in [0.717, 1.165) is 6.42 Å². The maximum atomic E-state index is 12.8. The van der Waals surface area contributed by atoms with Gasteiger partial charge in [0.2, 0.25) is 0 Å². The van der Waals surface area contributed by atoms with Crippen molar-refractivity contribution in [1.29, 1.82) is 0 Å². The van der Waals surface area contributed by atoms with Crippen LogP contribution in [0.1, 0.15) is 26.7 Å². The molecule has 1 saturated heterocycles. The smallest absolute Gasteiger partial charge is 0.406 e. The number of carboxylic acid groups (broad SMARTS) is 1. The number of carboxylic acids is 1. The molecule has 0 aromatic heterocycles. The van der Waals surface area contributed by atoms with Crippen LogP contribution in [0.2, 0.25) is 0 Å². The van der Waals surface area contributed by atoms with Crippen molar-refractivity contribution in [1.82, 2.24) is 4.90 Å². The fraction of sp³-hybridized carbons (Fsp3) is 0.909. The molecule has 17 heavy (non-hydrogen) atoms. The van der Waals surface area contributed by atoms with Crippen LogP contribution in [-0.2, 0) is 4.79 Å². The Labute approximate surface area is 98.6 Å². The van der Waals surface area contributed by atoms with E-state index in [9.17, 15) is 18.0 Å². The van der Waals surface area contributed by atoms with Gasteiger partial charge in [-0.3, -0.25) is 4.79 Å². The van der Waals surface area contributed by atoms with E-state index in [0.29, 0.717) is 12.5 Å². The Morgan fingerprint density at radius 1 is 1.47 bits per heavy atom. The largest absolute Gasteiger partial charge is 0.481 e. The molecule has 0 aromatic carbocycles. The quantitative estimate of drug-likeness (QED) is 0.836. The van der Waals surface area contributed by atoms with Gasteiger partial charge >= 0.3 is 12.1 Å². The summed E-state index contributed by atoms with van der Waals surface area (Å²) in [5.74, 6) is -1.35. The van der Waals surface area contributed by atoms with Gasteiger partial charge in [-0.2, -0.15) is 13.2 Å². The average Bonchev–Trinajstić information content (AvgIpc) is 2.58. The van der Waals surface area contributed by atoms with Gasteiger partial charge in [0.05, 0.1) is 0 Å². The number of nitrogens with zero attached hydrogens (tertiary/aromatic N) is 1. The molecule has 0 aromatic rings. The van der Waals surface area contributed by atoms with Gasteiger partial charge in [-0.25, -0.2) is 0 Å². The number of likely N-dealkylation sites (tertiary alicyclic amines) is 1. The minimum absolute atomic E-state index is 0.207. The van der Waals surface area contributed by atoms with Crippen molar-refractivity contribution in [3.63, 3.8) is 0 Å². The lowest BCUT2D eigenvalue weighted by atomic mass is 9.86. The fourth-order valence-electron chi connectivity index (χ4n) is 2.05. The summed E-state index contributed by atoms with van der Waals surface area (Å²) in [5, 5.41) is 8.85. The van der Waals surface area contributed by atoms with E-state index in [-0.39, 0.29) is 13.0 Å². The van der Waals surface area contributed by atoms with Gasteiger partial charge in [-0.05, 0) is 31.8 Å². The summed E-state index contributed by atoms with van der Waals surface area (Å²) in [6, 6.07) is 0. The number of rotatable bonds is 4. The van der Waals surface area contributed by atoms with Crippen LogP contribution in [0.15, 0.2) is 0 Å². The molecule has 1 atom stereocenters. The molecule has 0 saturated carbocycles. The van der Waals surface area contributed by atoms with Crippen molar-refractivity contribution in [2.45, 2.75) is 32.9 Å². The molecule has 1 aliphatic rings. The highest BCUT2D eigenvalue weighted by Crippen LogP contribution is 2.45. The Morgan fingerprint density at radius 3 is 2.41 bits per heavy atom. The highest BCUT2D eigenvalue weighted by atomic mass is 19.4. The summed E-state index contributed by atoms with van der Waals surface area (Å²) >= 11 is 0. The normalized spacial score (nSPS) is 26.7. The molecular formula is C11H18F3NO2. The van der Waals surface area contributed by atoms with E-state index >= 15 is 0 Å². The van der Waals surface area contributed by atoms with Crippen molar-refractivity contribution >= 4 is 5.97 Å². The van der Waals surface area contributed by atoms with Crippen molar-refractivity contribution in [3.05, 3.63) is 0 Å². The van der Waals surface area contributed by atoms with Crippen molar-refractivity contribution in [2.75, 3.05) is 19.6 Å². The number of hydrogen-bond donors (Lipinski definition) is 1. The standard InChI is InChI=1S/C11H18F3NO2/c1-8(2)3-5-15-6-4-10(7-15,9(16)17)11(12,13)14/h8H,3-7H2,1-2H3,(H,16,17). The van der Waals surface area contributed by atoms with Gasteiger partial charge in [0.15, 0.2) is 5.41 Å². The first kappa shape index (κ1) is 14.3. The van der Waals surface area contributed by atoms with E-state index in [1.54, 1.807) is 4.90 Å². The molecular weight excluding hydrogens is 235 g/mol. The Kier molecular flexibility index (Phi) is 4.06. The molecule has 1 aliphatic heterocycles. The van der Waals surface area contributed by atoms with Gasteiger partial charge in [0.25, 0.3) is 0 Å². The monoisotopic (exact) mass is 253 g/mol. The minimum Gasteiger partial charge on any atom is -0.481 e. The van der Waals surface area contributed by atoms with Gasteiger partial charge in [-0.15, -0.1) is 0 Å². The maximum Gasteiger partial charge on any atom is 0.406 e. The van der Waals surface area contributed by atoms with Gasteiger partial charge in [-0.1, -0.05) is 13.8 Å². The van der Waals surface area contributed by atoms with E-state index < -0.39 is 24.1 Å². The van der Waals surface area contributed by atoms with Gasteiger partial charge in [0, 0.05) is 6.54 Å². The maximum absolute atomic E-state index is 12.8. The lowest BCUT2D eigenvalue weighted by molar-refractivity contribution is -0.227. The Bertz CT molecular complexity index is 291. The lowest BCUT2D eigenvalue weighted by Gasteiger charge is -2.27. The third-order valence-corrected chi connectivity index (χ3v) is 3.32. The van der Waals surface area contributed by atoms with Crippen molar-refractivity contribution in [3.8, 4) is 0 Å². The van der Waals surface area contributed by atoms with Crippen molar-refractivity contribution < 1.29 is 23.1 Å². The fourth-order valence-corrected chi connectivity index (χ4v) is 2.05. The van der Waals surface area contributed by atoms with Crippen LogP contribution in [0.5, 0.6) is 0 Å². The number of alkyl halides is 3. The first-order valence-electron chi connectivity index (χ1n) is 5.71. The number of hydrogen-bond acceptors (Lipinski definition) is 2. The SMILES string of the molecule is CC(C)CCN1CCC(C(=O)O)(C(F)(F)F)C1. The molecule has 0 radical (unpaired) electrons. The molecule has 1 rings (SSSR count). The summed E-state index contributed by atoms with van der Waals surface area (Å²) in [4.78, 5) is 12.5. The van der Waals surface area contributed by atoms with Crippen LogP contribution in [0, 0.1) is 11.3 Å². The van der Waals surface area contributed by atoms with Crippen LogP contribution in [0.25, 0.3) is 0 Å². The molecule has 0 amide bonds. The summed E-state index contributed by atoms with van der Waals surface area (Å²) in [6.07, 6.45) is -4.23. The molecule has 1 N–H and O–H groups in total. The second-order valence-electron chi connectivity index (χ2n) is 5.09. The Morgan fingerprint density at radius 2 is 2.06 bits per heavy atom. The second-order valence-corrected chi connectivity index (χ2v) is 5.09. The summed E-state index contributed by atoms with van der Waals surface area (Å²) < 4.78 is 38.5.